The van der Waals surface area contributed by atoms with E-state index < -0.39 is 12.7 Å². The number of hydrogen-bond donors (Lipinski definition) is 1. The highest BCUT2D eigenvalue weighted by Crippen LogP contribution is 2.17. The summed E-state index contributed by atoms with van der Waals surface area (Å²) in [6, 6.07) is 0. The molecule has 2 aromatic rings. The van der Waals surface area contributed by atoms with Crippen molar-refractivity contribution in [2.45, 2.75) is 25.8 Å². The first-order chi connectivity index (χ1) is 8.92. The second-order valence-electron chi connectivity index (χ2n) is 4.29. The van der Waals surface area contributed by atoms with Gasteiger partial charge >= 0.3 is 6.18 Å². The van der Waals surface area contributed by atoms with Crippen LogP contribution in [0.25, 0.3) is 0 Å². The van der Waals surface area contributed by atoms with Crippen molar-refractivity contribution >= 4 is 12.4 Å². The Morgan fingerprint density at radius 3 is 2.25 bits per heavy atom. The third-order valence-electron chi connectivity index (χ3n) is 2.44. The molecule has 5 nitrogen and oxygen atoms in total. The average Bonchev–Trinajstić information content (AvgIpc) is 2.86. The summed E-state index contributed by atoms with van der Waals surface area (Å²) in [6.07, 6.45) is 2.19. The molecule has 2 aromatic heterocycles. The van der Waals surface area contributed by atoms with Crippen LogP contribution in [-0.4, -0.2) is 25.7 Å². The summed E-state index contributed by atoms with van der Waals surface area (Å²) in [5.74, 6) is 0. The Morgan fingerprint density at radius 1 is 1.10 bits per heavy atom. The molecule has 0 aromatic carbocycles. The van der Waals surface area contributed by atoms with Gasteiger partial charge in [-0.3, -0.25) is 9.36 Å². The Morgan fingerprint density at radius 2 is 1.70 bits per heavy atom. The highest BCUT2D eigenvalue weighted by Gasteiger charge is 2.28. The van der Waals surface area contributed by atoms with E-state index in [4.69, 9.17) is 0 Å². The molecule has 9 heteroatoms. The zero-order chi connectivity index (χ0) is 13.9. The van der Waals surface area contributed by atoms with Crippen molar-refractivity contribution in [3.8, 4) is 0 Å². The summed E-state index contributed by atoms with van der Waals surface area (Å²) in [7, 11) is 1.82. The van der Waals surface area contributed by atoms with Crippen molar-refractivity contribution in [1.82, 2.24) is 24.9 Å². The minimum atomic E-state index is -4.24. The Kier molecular flexibility index (Phi) is 5.58. The summed E-state index contributed by atoms with van der Waals surface area (Å²) >= 11 is 0. The molecule has 0 atom stereocenters. The van der Waals surface area contributed by atoms with Gasteiger partial charge in [-0.1, -0.05) is 0 Å². The molecule has 1 N–H and O–H groups in total. The van der Waals surface area contributed by atoms with E-state index in [2.05, 4.69) is 15.5 Å². The quantitative estimate of drug-likeness (QED) is 0.917. The van der Waals surface area contributed by atoms with E-state index in [-0.39, 0.29) is 12.4 Å². The number of nitrogens with one attached hydrogen (secondary N) is 1. The molecule has 0 radical (unpaired) electrons. The molecule has 0 aliphatic rings. The van der Waals surface area contributed by atoms with Gasteiger partial charge in [-0.2, -0.15) is 23.4 Å². The van der Waals surface area contributed by atoms with Crippen molar-refractivity contribution in [3.63, 3.8) is 0 Å². The molecular formula is C11H15ClF3N5. The predicted octanol–water partition coefficient (Wildman–Crippen LogP) is 1.89. The summed E-state index contributed by atoms with van der Waals surface area (Å²) in [5, 5.41) is 10.8. The molecule has 0 unspecified atom stereocenters. The largest absolute Gasteiger partial charge is 0.408 e. The molecule has 0 aliphatic carbocycles. The number of rotatable bonds is 5. The maximum Gasteiger partial charge on any atom is 0.408 e. The van der Waals surface area contributed by atoms with Crippen LogP contribution in [0.15, 0.2) is 24.8 Å². The molecule has 0 fully saturated rings. The fourth-order valence-corrected chi connectivity index (χ4v) is 1.68. The summed E-state index contributed by atoms with van der Waals surface area (Å²) < 4.78 is 39.0. The molecule has 20 heavy (non-hydrogen) atoms. The molecule has 0 saturated carbocycles. The lowest BCUT2D eigenvalue weighted by Gasteiger charge is -2.05. The second kappa shape index (κ2) is 6.76. The Balaban J connectivity index is 0.00000200. The zero-order valence-corrected chi connectivity index (χ0v) is 11.6. The van der Waals surface area contributed by atoms with E-state index >= 15 is 0 Å². The molecule has 112 valence electrons. The second-order valence-corrected chi connectivity index (χ2v) is 4.29. The molecule has 0 aliphatic heterocycles. The van der Waals surface area contributed by atoms with Crippen molar-refractivity contribution in [1.29, 1.82) is 0 Å². The smallest absolute Gasteiger partial charge is 0.308 e. The minimum Gasteiger partial charge on any atom is -0.308 e. The third kappa shape index (κ3) is 5.22. The van der Waals surface area contributed by atoms with Crippen molar-refractivity contribution in [2.75, 3.05) is 0 Å². The summed E-state index contributed by atoms with van der Waals surface area (Å²) in [6.45, 7) is 0.0145. The number of hydrogen-bond acceptors (Lipinski definition) is 3. The van der Waals surface area contributed by atoms with Gasteiger partial charge in [0.2, 0.25) is 0 Å². The number of halogens is 4. The summed E-state index contributed by atoms with van der Waals surface area (Å²) in [5.41, 5.74) is 1.73. The molecule has 0 amide bonds. The lowest BCUT2D eigenvalue weighted by Crippen LogP contribution is -2.18. The normalized spacial score (nSPS) is 11.4. The van der Waals surface area contributed by atoms with Crippen LogP contribution in [0.4, 0.5) is 13.2 Å². The van der Waals surface area contributed by atoms with Crippen LogP contribution in [0.3, 0.4) is 0 Å². The number of aromatic nitrogens is 4. The van der Waals surface area contributed by atoms with E-state index in [9.17, 15) is 13.2 Å². The Labute approximate surface area is 120 Å². The molecular weight excluding hydrogens is 295 g/mol. The van der Waals surface area contributed by atoms with Gasteiger partial charge in [0.05, 0.1) is 12.4 Å². The first kappa shape index (κ1) is 16.5. The van der Waals surface area contributed by atoms with Gasteiger partial charge in [0.1, 0.15) is 6.54 Å². The van der Waals surface area contributed by atoms with Gasteiger partial charge in [-0.25, -0.2) is 0 Å². The van der Waals surface area contributed by atoms with Crippen LogP contribution >= 0.6 is 12.4 Å². The first-order valence-electron chi connectivity index (χ1n) is 5.69. The molecule has 2 rings (SSSR count). The van der Waals surface area contributed by atoms with Crippen molar-refractivity contribution in [3.05, 3.63) is 35.9 Å². The molecule has 2 heterocycles. The van der Waals surface area contributed by atoms with E-state index in [0.29, 0.717) is 18.7 Å². The highest BCUT2D eigenvalue weighted by atomic mass is 35.5. The Hall–Kier alpha value is -1.54. The lowest BCUT2D eigenvalue weighted by atomic mass is 10.3. The Bertz CT molecular complexity index is 534. The van der Waals surface area contributed by atoms with E-state index in [1.807, 2.05) is 13.2 Å². The van der Waals surface area contributed by atoms with Gasteiger partial charge in [-0.05, 0) is 0 Å². The van der Waals surface area contributed by atoms with Crippen LogP contribution in [0.2, 0.25) is 0 Å². The van der Waals surface area contributed by atoms with Gasteiger partial charge in [0.25, 0.3) is 0 Å². The average molecular weight is 310 g/mol. The van der Waals surface area contributed by atoms with Crippen LogP contribution < -0.4 is 5.32 Å². The van der Waals surface area contributed by atoms with E-state index in [1.54, 1.807) is 10.9 Å². The maximum absolute atomic E-state index is 12.1. The topological polar surface area (TPSA) is 47.7 Å². The fourth-order valence-electron chi connectivity index (χ4n) is 1.68. The highest BCUT2D eigenvalue weighted by molar-refractivity contribution is 5.85. The van der Waals surface area contributed by atoms with Gasteiger partial charge < -0.3 is 5.32 Å². The minimum absolute atomic E-state index is 0. The van der Waals surface area contributed by atoms with Crippen LogP contribution in [0, 0.1) is 0 Å². The molecule has 0 spiro atoms. The van der Waals surface area contributed by atoms with Gasteiger partial charge in [0.15, 0.2) is 0 Å². The molecule has 0 saturated heterocycles. The van der Waals surface area contributed by atoms with Crippen LogP contribution in [-0.2, 0) is 26.7 Å². The van der Waals surface area contributed by atoms with Crippen molar-refractivity contribution in [2.24, 2.45) is 7.05 Å². The van der Waals surface area contributed by atoms with Crippen LogP contribution in [0.5, 0.6) is 0 Å². The maximum atomic E-state index is 12.1. The monoisotopic (exact) mass is 309 g/mol. The summed E-state index contributed by atoms with van der Waals surface area (Å²) in [4.78, 5) is 0. The molecule has 0 bridgehead atoms. The standard InChI is InChI=1S/C11H14F3N5.ClH/c1-18-6-9(4-16-18)2-15-3-10-5-17-19(7-10)8-11(12,13)14;/h4-7,15H,2-3,8H2,1H3;1H. The van der Waals surface area contributed by atoms with Gasteiger partial charge in [0, 0.05) is 43.7 Å². The third-order valence-corrected chi connectivity index (χ3v) is 2.44. The van der Waals surface area contributed by atoms with Crippen molar-refractivity contribution < 1.29 is 13.2 Å². The number of aryl methyl sites for hydroxylation is 1. The van der Waals surface area contributed by atoms with Gasteiger partial charge in [-0.15, -0.1) is 12.4 Å². The number of alkyl halides is 3. The predicted molar refractivity (Wildman–Crippen MR) is 69.3 cm³/mol. The van der Waals surface area contributed by atoms with E-state index in [0.717, 1.165) is 10.2 Å². The first-order valence-corrected chi connectivity index (χ1v) is 5.69. The zero-order valence-electron chi connectivity index (χ0n) is 10.8. The number of nitrogens with zero attached hydrogens (tertiary/aromatic N) is 4. The van der Waals surface area contributed by atoms with Crippen LogP contribution in [0.1, 0.15) is 11.1 Å². The SMILES string of the molecule is Cl.Cn1cc(CNCc2cnn(CC(F)(F)F)c2)cn1. The fraction of sp³-hybridized carbons (Fsp3) is 0.455. The van der Waals surface area contributed by atoms with E-state index in [1.165, 1.54) is 12.4 Å². The lowest BCUT2D eigenvalue weighted by molar-refractivity contribution is -0.142.